The molecule has 0 amide bonds. The van der Waals surface area contributed by atoms with Gasteiger partial charge in [-0.05, 0) is 50.4 Å². The van der Waals surface area contributed by atoms with Crippen LogP contribution in [0, 0.1) is 41.4 Å². The van der Waals surface area contributed by atoms with E-state index < -0.39 is 71.5 Å². The van der Waals surface area contributed by atoms with E-state index in [9.17, 15) is 32.3 Å². The van der Waals surface area contributed by atoms with E-state index in [1.807, 2.05) is 0 Å². The Bertz CT molecular complexity index is 650. The number of esters is 4. The topological polar surface area (TPSA) is 86.7 Å². The van der Waals surface area contributed by atoms with E-state index >= 15 is 0 Å². The van der Waals surface area contributed by atoms with Gasteiger partial charge in [0.05, 0.1) is 29.6 Å². The molecule has 27 heavy (non-hydrogen) atoms. The molecule has 0 aromatic heterocycles. The SMILES string of the molecule is O=C1OC(=O)C2CC(C(C3CCC4C(=O)OC(=O)C4C3)C(F)(F)F)CCC12. The summed E-state index contributed by atoms with van der Waals surface area (Å²) in [6.45, 7) is 0. The van der Waals surface area contributed by atoms with Crippen LogP contribution in [0.5, 0.6) is 0 Å². The summed E-state index contributed by atoms with van der Waals surface area (Å²) in [6.07, 6.45) is -3.80. The summed E-state index contributed by atoms with van der Waals surface area (Å²) in [5, 5.41) is 0. The number of hydrogen-bond donors (Lipinski definition) is 0. The molecule has 6 nitrogen and oxygen atoms in total. The van der Waals surface area contributed by atoms with Crippen LogP contribution < -0.4 is 0 Å². The zero-order valence-electron chi connectivity index (χ0n) is 14.4. The smallest absolute Gasteiger partial charge is 0.392 e. The largest absolute Gasteiger partial charge is 0.393 e. The molecule has 6 unspecified atom stereocenters. The Labute approximate surface area is 152 Å². The average Bonchev–Trinajstić information content (AvgIpc) is 3.03. The first-order chi connectivity index (χ1) is 12.7. The van der Waals surface area contributed by atoms with Gasteiger partial charge in [0, 0.05) is 0 Å². The van der Waals surface area contributed by atoms with Crippen LogP contribution in [0.2, 0.25) is 0 Å². The van der Waals surface area contributed by atoms with E-state index in [0.29, 0.717) is 0 Å². The van der Waals surface area contributed by atoms with E-state index in [2.05, 4.69) is 9.47 Å². The quantitative estimate of drug-likeness (QED) is 0.533. The number of halogens is 3. The van der Waals surface area contributed by atoms with Gasteiger partial charge in [-0.3, -0.25) is 19.2 Å². The third-order valence-corrected chi connectivity index (χ3v) is 6.79. The highest BCUT2D eigenvalue weighted by molar-refractivity contribution is 5.97. The lowest BCUT2D eigenvalue weighted by molar-refractivity contribution is -0.214. The van der Waals surface area contributed by atoms with Crippen LogP contribution in [-0.2, 0) is 28.7 Å². The lowest BCUT2D eigenvalue weighted by atomic mass is 9.62. The number of carbonyl (C=O) groups excluding carboxylic acids is 4. The van der Waals surface area contributed by atoms with Gasteiger partial charge in [0.25, 0.3) is 0 Å². The number of rotatable bonds is 2. The summed E-state index contributed by atoms with van der Waals surface area (Å²) in [7, 11) is 0. The van der Waals surface area contributed by atoms with Gasteiger partial charge in [-0.25, -0.2) is 0 Å². The van der Waals surface area contributed by atoms with E-state index in [0.717, 1.165) is 0 Å². The van der Waals surface area contributed by atoms with Crippen LogP contribution in [0.4, 0.5) is 13.2 Å². The van der Waals surface area contributed by atoms with Crippen molar-refractivity contribution < 1.29 is 41.8 Å². The van der Waals surface area contributed by atoms with Crippen molar-refractivity contribution in [1.29, 1.82) is 0 Å². The number of hydrogen-bond acceptors (Lipinski definition) is 6. The van der Waals surface area contributed by atoms with E-state index in [1.165, 1.54) is 0 Å². The van der Waals surface area contributed by atoms with Crippen LogP contribution in [0.25, 0.3) is 0 Å². The van der Waals surface area contributed by atoms with E-state index in [1.54, 1.807) is 0 Å². The van der Waals surface area contributed by atoms with Crippen molar-refractivity contribution in [2.45, 2.75) is 44.7 Å². The molecule has 0 spiro atoms. The van der Waals surface area contributed by atoms with Crippen molar-refractivity contribution in [3.63, 3.8) is 0 Å². The molecule has 4 rings (SSSR count). The van der Waals surface area contributed by atoms with Crippen LogP contribution in [-0.4, -0.2) is 30.1 Å². The molecule has 4 fully saturated rings. The van der Waals surface area contributed by atoms with Gasteiger partial charge in [-0.15, -0.1) is 0 Å². The molecule has 148 valence electrons. The zero-order valence-corrected chi connectivity index (χ0v) is 14.4. The fourth-order valence-electron chi connectivity index (χ4n) is 5.56. The molecule has 2 saturated heterocycles. The van der Waals surface area contributed by atoms with Crippen LogP contribution in [0.3, 0.4) is 0 Å². The molecule has 9 heteroatoms. The molecule has 4 aliphatic rings. The third-order valence-electron chi connectivity index (χ3n) is 6.79. The Morgan fingerprint density at radius 2 is 1.04 bits per heavy atom. The van der Waals surface area contributed by atoms with Crippen LogP contribution in [0.1, 0.15) is 38.5 Å². The molecular formula is C18H19F3O6. The summed E-state index contributed by atoms with van der Waals surface area (Å²) < 4.78 is 51.1. The van der Waals surface area contributed by atoms with Gasteiger partial charge in [0.2, 0.25) is 0 Å². The molecule has 2 aliphatic heterocycles. The lowest BCUT2D eigenvalue weighted by Gasteiger charge is -2.41. The maximum atomic E-state index is 14.0. The lowest BCUT2D eigenvalue weighted by Crippen LogP contribution is -2.43. The number of carbonyl (C=O) groups is 4. The molecule has 0 radical (unpaired) electrons. The van der Waals surface area contributed by atoms with Gasteiger partial charge in [0.1, 0.15) is 0 Å². The first-order valence-electron chi connectivity index (χ1n) is 9.24. The summed E-state index contributed by atoms with van der Waals surface area (Å²) in [5.41, 5.74) is 0. The van der Waals surface area contributed by atoms with Crippen molar-refractivity contribution >= 4 is 23.9 Å². The molecule has 2 saturated carbocycles. The number of fused-ring (bicyclic) bond motifs is 2. The van der Waals surface area contributed by atoms with Gasteiger partial charge in [0.15, 0.2) is 0 Å². The van der Waals surface area contributed by atoms with Crippen LogP contribution >= 0.6 is 0 Å². The molecule has 0 bridgehead atoms. The first kappa shape index (κ1) is 18.4. The predicted molar refractivity (Wildman–Crippen MR) is 80.4 cm³/mol. The minimum Gasteiger partial charge on any atom is -0.393 e. The Morgan fingerprint density at radius 1 is 0.667 bits per heavy atom. The Kier molecular flexibility index (Phi) is 4.31. The third kappa shape index (κ3) is 3.04. The average molecular weight is 388 g/mol. The predicted octanol–water partition coefficient (Wildman–Crippen LogP) is 2.40. The molecular weight excluding hydrogens is 369 g/mol. The molecule has 0 aromatic carbocycles. The second-order valence-corrected chi connectivity index (χ2v) is 8.12. The maximum absolute atomic E-state index is 14.0. The van der Waals surface area contributed by atoms with E-state index in [4.69, 9.17) is 0 Å². The number of cyclic esters (lactones) is 4. The highest BCUT2D eigenvalue weighted by Crippen LogP contribution is 2.53. The second kappa shape index (κ2) is 6.31. The molecule has 0 N–H and O–H groups in total. The van der Waals surface area contributed by atoms with Gasteiger partial charge < -0.3 is 9.47 Å². The van der Waals surface area contributed by atoms with E-state index in [-0.39, 0.29) is 38.5 Å². The minimum atomic E-state index is -4.49. The number of ether oxygens (including phenoxy) is 2. The Morgan fingerprint density at radius 3 is 1.41 bits per heavy atom. The van der Waals surface area contributed by atoms with Crippen LogP contribution in [0.15, 0.2) is 0 Å². The van der Waals surface area contributed by atoms with Crippen molar-refractivity contribution in [3.05, 3.63) is 0 Å². The highest BCUT2D eigenvalue weighted by Gasteiger charge is 2.57. The summed E-state index contributed by atoms with van der Waals surface area (Å²) in [5.74, 6) is -8.93. The molecule has 0 aromatic rings. The summed E-state index contributed by atoms with van der Waals surface area (Å²) in [6, 6.07) is 0. The fourth-order valence-corrected chi connectivity index (χ4v) is 5.56. The second-order valence-electron chi connectivity index (χ2n) is 8.12. The molecule has 6 atom stereocenters. The first-order valence-corrected chi connectivity index (χ1v) is 9.24. The van der Waals surface area contributed by atoms with Crippen molar-refractivity contribution in [2.75, 3.05) is 0 Å². The normalized spacial score (nSPS) is 40.3. The molecule has 2 aliphatic carbocycles. The highest BCUT2D eigenvalue weighted by atomic mass is 19.4. The molecule has 2 heterocycles. The summed E-state index contributed by atoms with van der Waals surface area (Å²) in [4.78, 5) is 46.9. The zero-order chi connectivity index (χ0) is 19.5. The summed E-state index contributed by atoms with van der Waals surface area (Å²) >= 11 is 0. The minimum absolute atomic E-state index is 0.0343. The van der Waals surface area contributed by atoms with Crippen molar-refractivity contribution in [2.24, 2.45) is 41.4 Å². The number of alkyl halides is 3. The maximum Gasteiger partial charge on any atom is 0.392 e. The van der Waals surface area contributed by atoms with Gasteiger partial charge >= 0.3 is 30.1 Å². The van der Waals surface area contributed by atoms with Crippen molar-refractivity contribution in [1.82, 2.24) is 0 Å². The monoisotopic (exact) mass is 388 g/mol. The van der Waals surface area contributed by atoms with Gasteiger partial charge in [-0.1, -0.05) is 0 Å². The Balaban J connectivity index is 1.54. The van der Waals surface area contributed by atoms with Crippen molar-refractivity contribution in [3.8, 4) is 0 Å². The standard InChI is InChI=1S/C18H19F3O6/c19-18(20,21)13(7-1-3-9-11(5-7)16(24)26-14(9)22)8-2-4-10-12(6-8)17(25)27-15(10)23/h7-13H,1-6H2. The fraction of sp³-hybridized carbons (Fsp3) is 0.778. The Hall–Kier alpha value is -1.93. The van der Waals surface area contributed by atoms with Gasteiger partial charge in [-0.2, -0.15) is 13.2 Å².